The van der Waals surface area contributed by atoms with E-state index in [0.29, 0.717) is 37.6 Å². The van der Waals surface area contributed by atoms with Gasteiger partial charge < -0.3 is 14.5 Å². The monoisotopic (exact) mass is 378 g/mol. The standard InChI is InChI=1S/C20H27ClN2O3/c21-17-8-6-16(7-9-17)14-19(24)22-10-12-23(13-11-22)20(25)15-26-18-4-2-1-3-5-18/h6-9,18H,1-5,10-15H2. The number of carbonyl (C=O) groups excluding carboxylic acids is 2. The molecule has 1 aromatic rings. The lowest BCUT2D eigenvalue weighted by Crippen LogP contribution is -2.51. The molecular weight excluding hydrogens is 352 g/mol. The van der Waals surface area contributed by atoms with E-state index in [-0.39, 0.29) is 24.5 Å². The molecule has 1 saturated heterocycles. The van der Waals surface area contributed by atoms with Gasteiger partial charge in [-0.1, -0.05) is 43.0 Å². The summed E-state index contributed by atoms with van der Waals surface area (Å²) in [5.74, 6) is 0.137. The van der Waals surface area contributed by atoms with Crippen LogP contribution in [0.5, 0.6) is 0 Å². The maximum Gasteiger partial charge on any atom is 0.248 e. The number of benzene rings is 1. The molecule has 1 aromatic carbocycles. The molecular formula is C20H27ClN2O3. The molecule has 0 unspecified atom stereocenters. The molecule has 1 aliphatic heterocycles. The second kappa shape index (κ2) is 9.38. The minimum absolute atomic E-state index is 0.0420. The molecule has 3 rings (SSSR count). The van der Waals surface area contributed by atoms with Crippen molar-refractivity contribution in [1.82, 2.24) is 9.80 Å². The van der Waals surface area contributed by atoms with Gasteiger partial charge in [0, 0.05) is 31.2 Å². The highest BCUT2D eigenvalue weighted by Crippen LogP contribution is 2.20. The van der Waals surface area contributed by atoms with Gasteiger partial charge in [0.15, 0.2) is 0 Å². The predicted octanol–water partition coefficient (Wildman–Crippen LogP) is 2.90. The zero-order valence-corrected chi connectivity index (χ0v) is 15.9. The fourth-order valence-electron chi connectivity index (χ4n) is 3.61. The number of carbonyl (C=O) groups is 2. The fourth-order valence-corrected chi connectivity index (χ4v) is 3.73. The molecule has 6 heteroatoms. The lowest BCUT2D eigenvalue weighted by molar-refractivity contribution is -0.144. The molecule has 0 atom stereocenters. The average Bonchev–Trinajstić information content (AvgIpc) is 2.69. The van der Waals surface area contributed by atoms with E-state index < -0.39 is 0 Å². The first-order chi connectivity index (χ1) is 12.6. The Morgan fingerprint density at radius 2 is 1.50 bits per heavy atom. The molecule has 142 valence electrons. The zero-order valence-electron chi connectivity index (χ0n) is 15.2. The van der Waals surface area contributed by atoms with Gasteiger partial charge in [-0.15, -0.1) is 0 Å². The number of hydrogen-bond donors (Lipinski definition) is 0. The SMILES string of the molecule is O=C(COC1CCCCC1)N1CCN(C(=O)Cc2ccc(Cl)cc2)CC1. The first-order valence-electron chi connectivity index (χ1n) is 9.53. The summed E-state index contributed by atoms with van der Waals surface area (Å²) in [7, 11) is 0. The van der Waals surface area contributed by atoms with Crippen molar-refractivity contribution in [2.75, 3.05) is 32.8 Å². The molecule has 2 fully saturated rings. The molecule has 0 radical (unpaired) electrons. The topological polar surface area (TPSA) is 49.9 Å². The number of halogens is 1. The van der Waals surface area contributed by atoms with Crippen LogP contribution in [0, 0.1) is 0 Å². The van der Waals surface area contributed by atoms with Crippen LogP contribution < -0.4 is 0 Å². The third-order valence-electron chi connectivity index (χ3n) is 5.25. The van der Waals surface area contributed by atoms with Gasteiger partial charge in [0.05, 0.1) is 12.5 Å². The summed E-state index contributed by atoms with van der Waals surface area (Å²) in [5.41, 5.74) is 0.957. The quantitative estimate of drug-likeness (QED) is 0.791. The highest BCUT2D eigenvalue weighted by molar-refractivity contribution is 6.30. The Kier molecular flexibility index (Phi) is 6.92. The number of ether oxygens (including phenoxy) is 1. The smallest absolute Gasteiger partial charge is 0.248 e. The highest BCUT2D eigenvalue weighted by atomic mass is 35.5. The number of amides is 2. The van der Waals surface area contributed by atoms with E-state index in [9.17, 15) is 9.59 Å². The summed E-state index contributed by atoms with van der Waals surface area (Å²) in [6.45, 7) is 2.50. The summed E-state index contributed by atoms with van der Waals surface area (Å²) < 4.78 is 5.78. The summed E-state index contributed by atoms with van der Waals surface area (Å²) in [6.07, 6.45) is 6.44. The van der Waals surface area contributed by atoms with Crippen molar-refractivity contribution < 1.29 is 14.3 Å². The zero-order chi connectivity index (χ0) is 18.4. The number of rotatable bonds is 5. The van der Waals surface area contributed by atoms with Crippen molar-refractivity contribution in [2.24, 2.45) is 0 Å². The average molecular weight is 379 g/mol. The van der Waals surface area contributed by atoms with Crippen LogP contribution in [0.25, 0.3) is 0 Å². The van der Waals surface area contributed by atoms with E-state index in [4.69, 9.17) is 16.3 Å². The van der Waals surface area contributed by atoms with Crippen LogP contribution in [0.15, 0.2) is 24.3 Å². The Bertz CT molecular complexity index is 606. The highest BCUT2D eigenvalue weighted by Gasteiger charge is 2.25. The molecule has 0 bridgehead atoms. The minimum Gasteiger partial charge on any atom is -0.368 e. The van der Waals surface area contributed by atoms with Gasteiger partial charge in [0.25, 0.3) is 0 Å². The van der Waals surface area contributed by atoms with Gasteiger partial charge >= 0.3 is 0 Å². The lowest BCUT2D eigenvalue weighted by Gasteiger charge is -2.35. The van der Waals surface area contributed by atoms with Crippen LogP contribution >= 0.6 is 11.6 Å². The van der Waals surface area contributed by atoms with Gasteiger partial charge in [0.2, 0.25) is 11.8 Å². The van der Waals surface area contributed by atoms with Crippen molar-refractivity contribution in [3.63, 3.8) is 0 Å². The third kappa shape index (κ3) is 5.45. The summed E-state index contributed by atoms with van der Waals surface area (Å²) in [5, 5.41) is 0.670. The normalized spacial score (nSPS) is 18.8. The van der Waals surface area contributed by atoms with Crippen molar-refractivity contribution in [1.29, 1.82) is 0 Å². The van der Waals surface area contributed by atoms with Crippen LogP contribution in [0.2, 0.25) is 5.02 Å². The Hall–Kier alpha value is -1.59. The van der Waals surface area contributed by atoms with E-state index >= 15 is 0 Å². The Labute approximate surface area is 160 Å². The van der Waals surface area contributed by atoms with Gasteiger partial charge in [-0.2, -0.15) is 0 Å². The van der Waals surface area contributed by atoms with Crippen LogP contribution in [0.1, 0.15) is 37.7 Å². The Balaban J connectivity index is 1.39. The van der Waals surface area contributed by atoms with Gasteiger partial charge in [-0.25, -0.2) is 0 Å². The van der Waals surface area contributed by atoms with Crippen LogP contribution in [0.3, 0.4) is 0 Å². The molecule has 0 aromatic heterocycles. The molecule has 1 heterocycles. The van der Waals surface area contributed by atoms with Crippen LogP contribution in [-0.4, -0.2) is 60.5 Å². The molecule has 2 amide bonds. The molecule has 2 aliphatic rings. The molecule has 5 nitrogen and oxygen atoms in total. The maximum absolute atomic E-state index is 12.4. The van der Waals surface area contributed by atoms with Crippen molar-refractivity contribution in [3.8, 4) is 0 Å². The van der Waals surface area contributed by atoms with Crippen molar-refractivity contribution in [3.05, 3.63) is 34.9 Å². The van der Waals surface area contributed by atoms with Crippen molar-refractivity contribution >= 4 is 23.4 Å². The van der Waals surface area contributed by atoms with Crippen LogP contribution in [-0.2, 0) is 20.7 Å². The Morgan fingerprint density at radius 3 is 2.12 bits per heavy atom. The molecule has 0 N–H and O–H groups in total. The third-order valence-corrected chi connectivity index (χ3v) is 5.50. The summed E-state index contributed by atoms with van der Waals surface area (Å²) in [6, 6.07) is 7.35. The number of piperazine rings is 1. The minimum atomic E-state index is 0.0420. The predicted molar refractivity (Wildman–Crippen MR) is 101 cm³/mol. The molecule has 1 saturated carbocycles. The lowest BCUT2D eigenvalue weighted by atomic mass is 9.98. The van der Waals surface area contributed by atoms with E-state index in [1.165, 1.54) is 19.3 Å². The van der Waals surface area contributed by atoms with Gasteiger partial charge in [-0.3, -0.25) is 9.59 Å². The van der Waals surface area contributed by atoms with E-state index in [1.807, 2.05) is 21.9 Å². The Morgan fingerprint density at radius 1 is 0.923 bits per heavy atom. The number of hydrogen-bond acceptors (Lipinski definition) is 3. The molecule has 26 heavy (non-hydrogen) atoms. The van der Waals surface area contributed by atoms with Crippen molar-refractivity contribution in [2.45, 2.75) is 44.6 Å². The largest absolute Gasteiger partial charge is 0.368 e. The summed E-state index contributed by atoms with van der Waals surface area (Å²) >= 11 is 5.87. The van der Waals surface area contributed by atoms with Gasteiger partial charge in [-0.05, 0) is 30.5 Å². The van der Waals surface area contributed by atoms with E-state index in [1.54, 1.807) is 12.1 Å². The first-order valence-corrected chi connectivity index (χ1v) is 9.91. The fraction of sp³-hybridized carbons (Fsp3) is 0.600. The first kappa shape index (κ1) is 19.2. The van der Waals surface area contributed by atoms with Crippen LogP contribution in [0.4, 0.5) is 0 Å². The number of nitrogens with zero attached hydrogens (tertiary/aromatic N) is 2. The maximum atomic E-state index is 12.4. The van der Waals surface area contributed by atoms with E-state index in [0.717, 1.165) is 18.4 Å². The van der Waals surface area contributed by atoms with Gasteiger partial charge in [0.1, 0.15) is 6.61 Å². The van der Waals surface area contributed by atoms with E-state index in [2.05, 4.69) is 0 Å². The molecule has 0 spiro atoms. The second-order valence-corrected chi connectivity index (χ2v) is 7.57. The summed E-state index contributed by atoms with van der Waals surface area (Å²) in [4.78, 5) is 28.4. The molecule has 1 aliphatic carbocycles. The second-order valence-electron chi connectivity index (χ2n) is 7.14.